The molecule has 0 saturated heterocycles. The molecule has 102 valence electrons. The topological polar surface area (TPSA) is 35.8 Å². The summed E-state index contributed by atoms with van der Waals surface area (Å²) in [6.45, 7) is 10.6. The first-order valence-electron chi connectivity index (χ1n) is 7.08. The molecule has 1 fully saturated rings. The van der Waals surface area contributed by atoms with Gasteiger partial charge in [0.2, 0.25) is 0 Å². The molecule has 0 bridgehead atoms. The van der Waals surface area contributed by atoms with Gasteiger partial charge in [-0.05, 0) is 37.8 Å². The van der Waals surface area contributed by atoms with E-state index in [1.165, 1.54) is 16.7 Å². The second-order valence-electron chi connectivity index (χ2n) is 6.70. The minimum atomic E-state index is -0.0571. The number of rotatable bonds is 5. The normalized spacial score (nSPS) is 17.0. The van der Waals surface area contributed by atoms with Crippen molar-refractivity contribution in [2.75, 3.05) is 13.1 Å². The Kier molecular flexibility index (Phi) is 3.69. The van der Waals surface area contributed by atoms with Gasteiger partial charge in [-0.2, -0.15) is 5.26 Å². The highest BCUT2D eigenvalue weighted by molar-refractivity contribution is 5.35. The molecule has 0 heterocycles. The van der Waals surface area contributed by atoms with Crippen LogP contribution in [0.15, 0.2) is 18.2 Å². The molecule has 2 heteroatoms. The minimum absolute atomic E-state index is 0.0571. The van der Waals surface area contributed by atoms with E-state index in [0.717, 1.165) is 25.9 Å². The smallest absolute Gasteiger partial charge is 0.0703 e. The van der Waals surface area contributed by atoms with Crippen molar-refractivity contribution in [3.63, 3.8) is 0 Å². The van der Waals surface area contributed by atoms with Crippen LogP contribution in [0.2, 0.25) is 0 Å². The van der Waals surface area contributed by atoms with Crippen molar-refractivity contribution < 1.29 is 0 Å². The van der Waals surface area contributed by atoms with E-state index < -0.39 is 0 Å². The van der Waals surface area contributed by atoms with Gasteiger partial charge in [-0.25, -0.2) is 0 Å². The maximum Gasteiger partial charge on any atom is 0.0703 e. The summed E-state index contributed by atoms with van der Waals surface area (Å²) in [7, 11) is 0. The van der Waals surface area contributed by atoms with E-state index in [9.17, 15) is 0 Å². The van der Waals surface area contributed by atoms with E-state index in [1.807, 2.05) is 0 Å². The number of nitrogens with zero attached hydrogens (tertiary/aromatic N) is 1. The first-order chi connectivity index (χ1) is 8.88. The van der Waals surface area contributed by atoms with Gasteiger partial charge >= 0.3 is 0 Å². The summed E-state index contributed by atoms with van der Waals surface area (Å²) in [5.41, 5.74) is 4.11. The van der Waals surface area contributed by atoms with Crippen molar-refractivity contribution in [1.82, 2.24) is 5.32 Å². The highest BCUT2D eigenvalue weighted by Gasteiger charge is 2.42. The van der Waals surface area contributed by atoms with Crippen molar-refractivity contribution in [2.24, 2.45) is 5.41 Å². The van der Waals surface area contributed by atoms with Crippen LogP contribution in [0, 0.1) is 30.6 Å². The molecule has 2 nitrogen and oxygen atoms in total. The van der Waals surface area contributed by atoms with Gasteiger partial charge in [-0.1, -0.05) is 37.6 Å². The van der Waals surface area contributed by atoms with Crippen LogP contribution in [-0.2, 0) is 5.41 Å². The quantitative estimate of drug-likeness (QED) is 0.875. The first-order valence-corrected chi connectivity index (χ1v) is 7.08. The highest BCUT2D eigenvalue weighted by Crippen LogP contribution is 2.44. The van der Waals surface area contributed by atoms with Crippen LogP contribution in [0.4, 0.5) is 0 Å². The third kappa shape index (κ3) is 3.16. The fourth-order valence-corrected chi connectivity index (χ4v) is 2.76. The lowest BCUT2D eigenvalue weighted by Gasteiger charge is -2.28. The van der Waals surface area contributed by atoms with Gasteiger partial charge in [0.1, 0.15) is 0 Å². The van der Waals surface area contributed by atoms with Crippen LogP contribution < -0.4 is 5.32 Å². The minimum Gasteiger partial charge on any atom is -0.314 e. The molecule has 0 radical (unpaired) electrons. The Hall–Kier alpha value is -1.33. The molecule has 0 atom stereocenters. The fourth-order valence-electron chi connectivity index (χ4n) is 2.76. The molecule has 0 spiro atoms. The van der Waals surface area contributed by atoms with E-state index in [2.05, 4.69) is 57.3 Å². The predicted molar refractivity (Wildman–Crippen MR) is 79.1 cm³/mol. The van der Waals surface area contributed by atoms with Crippen molar-refractivity contribution in [3.05, 3.63) is 34.9 Å². The van der Waals surface area contributed by atoms with E-state index in [0.29, 0.717) is 0 Å². The Bertz CT molecular complexity index is 504. The fraction of sp³-hybridized carbons (Fsp3) is 0.588. The number of benzene rings is 1. The lowest BCUT2D eigenvalue weighted by molar-refractivity contribution is 0.441. The van der Waals surface area contributed by atoms with Crippen LogP contribution in [0.3, 0.4) is 0 Å². The molecule has 0 aliphatic heterocycles. The standard InChI is InChI=1S/C17H24N2/c1-13-5-6-15(14(2)9-13)16(3,4)11-19-12-17(10-18)7-8-17/h5-6,9,19H,7-8,11-12H2,1-4H3. The largest absolute Gasteiger partial charge is 0.314 e. The maximum absolute atomic E-state index is 9.09. The Balaban J connectivity index is 1.99. The monoisotopic (exact) mass is 256 g/mol. The molecule has 1 aliphatic carbocycles. The zero-order valence-electron chi connectivity index (χ0n) is 12.5. The van der Waals surface area contributed by atoms with Crippen LogP contribution in [0.5, 0.6) is 0 Å². The third-order valence-electron chi connectivity index (χ3n) is 4.23. The molecule has 0 aromatic heterocycles. The van der Waals surface area contributed by atoms with E-state index in [-0.39, 0.29) is 10.8 Å². The number of hydrogen-bond donors (Lipinski definition) is 1. The van der Waals surface area contributed by atoms with Gasteiger partial charge in [-0.15, -0.1) is 0 Å². The summed E-state index contributed by atoms with van der Waals surface area (Å²) in [6, 6.07) is 9.10. The average molecular weight is 256 g/mol. The number of aryl methyl sites for hydroxylation is 2. The van der Waals surface area contributed by atoms with Gasteiger partial charge in [0, 0.05) is 18.5 Å². The summed E-state index contributed by atoms with van der Waals surface area (Å²) < 4.78 is 0. The lowest BCUT2D eigenvalue weighted by atomic mass is 9.81. The van der Waals surface area contributed by atoms with Gasteiger partial charge in [0.05, 0.1) is 11.5 Å². The predicted octanol–water partition coefficient (Wildman–Crippen LogP) is 3.47. The first kappa shape index (κ1) is 14.1. The molecule has 1 aliphatic rings. The molecule has 1 saturated carbocycles. The molecular weight excluding hydrogens is 232 g/mol. The van der Waals surface area contributed by atoms with Gasteiger partial charge in [0.15, 0.2) is 0 Å². The van der Waals surface area contributed by atoms with Crippen LogP contribution in [0.25, 0.3) is 0 Å². The molecule has 2 rings (SSSR count). The summed E-state index contributed by atoms with van der Waals surface area (Å²) in [6.07, 6.45) is 2.11. The average Bonchev–Trinajstić information content (AvgIpc) is 3.09. The SMILES string of the molecule is Cc1ccc(C(C)(C)CNCC2(C#N)CC2)c(C)c1. The van der Waals surface area contributed by atoms with Crippen molar-refractivity contribution in [1.29, 1.82) is 5.26 Å². The van der Waals surface area contributed by atoms with Gasteiger partial charge < -0.3 is 5.32 Å². The van der Waals surface area contributed by atoms with Gasteiger partial charge in [-0.3, -0.25) is 0 Å². The Morgan fingerprint density at radius 1 is 1.32 bits per heavy atom. The Morgan fingerprint density at radius 3 is 2.53 bits per heavy atom. The number of nitriles is 1. The van der Waals surface area contributed by atoms with Crippen molar-refractivity contribution in [3.8, 4) is 6.07 Å². The van der Waals surface area contributed by atoms with E-state index >= 15 is 0 Å². The molecule has 1 aromatic rings. The summed E-state index contributed by atoms with van der Waals surface area (Å²) in [4.78, 5) is 0. The second-order valence-corrected chi connectivity index (χ2v) is 6.70. The van der Waals surface area contributed by atoms with Crippen LogP contribution >= 0.6 is 0 Å². The zero-order chi connectivity index (χ0) is 14.1. The zero-order valence-corrected chi connectivity index (χ0v) is 12.5. The molecule has 1 N–H and O–H groups in total. The maximum atomic E-state index is 9.09. The Morgan fingerprint density at radius 2 is 2.00 bits per heavy atom. The number of hydrogen-bond acceptors (Lipinski definition) is 2. The lowest BCUT2D eigenvalue weighted by Crippen LogP contribution is -2.36. The van der Waals surface area contributed by atoms with Gasteiger partial charge in [0.25, 0.3) is 0 Å². The van der Waals surface area contributed by atoms with E-state index in [1.54, 1.807) is 0 Å². The van der Waals surface area contributed by atoms with Crippen molar-refractivity contribution >= 4 is 0 Å². The third-order valence-corrected chi connectivity index (χ3v) is 4.23. The molecule has 19 heavy (non-hydrogen) atoms. The number of nitrogens with one attached hydrogen (secondary N) is 1. The molecule has 0 unspecified atom stereocenters. The molecule has 0 amide bonds. The summed E-state index contributed by atoms with van der Waals surface area (Å²) >= 11 is 0. The second kappa shape index (κ2) is 4.98. The van der Waals surface area contributed by atoms with Crippen LogP contribution in [0.1, 0.15) is 43.4 Å². The molecule has 1 aromatic carbocycles. The molecular formula is C17H24N2. The summed E-state index contributed by atoms with van der Waals surface area (Å²) in [5, 5.41) is 12.6. The van der Waals surface area contributed by atoms with Crippen LogP contribution in [-0.4, -0.2) is 13.1 Å². The summed E-state index contributed by atoms with van der Waals surface area (Å²) in [5.74, 6) is 0. The highest BCUT2D eigenvalue weighted by atomic mass is 14.9. The van der Waals surface area contributed by atoms with Crippen molar-refractivity contribution in [2.45, 2.75) is 46.0 Å². The van der Waals surface area contributed by atoms with E-state index in [4.69, 9.17) is 5.26 Å². The Labute approximate surface area is 116 Å².